The van der Waals surface area contributed by atoms with Crippen LogP contribution in [0.15, 0.2) is 29.2 Å². The fourth-order valence-corrected chi connectivity index (χ4v) is 5.87. The van der Waals surface area contributed by atoms with Crippen LogP contribution in [-0.4, -0.2) is 70.5 Å². The number of amides is 2. The molecular weight excluding hydrogens is 404 g/mol. The van der Waals surface area contributed by atoms with E-state index in [1.165, 1.54) is 16.4 Å². The van der Waals surface area contributed by atoms with Crippen molar-refractivity contribution < 1.29 is 21.6 Å². The van der Waals surface area contributed by atoms with Crippen molar-refractivity contribution in [3.05, 3.63) is 24.3 Å². The van der Waals surface area contributed by atoms with Gasteiger partial charge in [-0.3, -0.25) is 0 Å². The Morgan fingerprint density at radius 1 is 1.00 bits per heavy atom. The van der Waals surface area contributed by atoms with Gasteiger partial charge < -0.3 is 10.2 Å². The molecule has 0 unspecified atom stereocenters. The third kappa shape index (κ3) is 5.22. The SMILES string of the molecule is CS(=O)(=O)N[C@H]1CCCN(C(=O)Nc2ccc(S(=O)(=O)N3CCCC3)cc2)C1. The van der Waals surface area contributed by atoms with Crippen LogP contribution < -0.4 is 10.0 Å². The number of carbonyl (C=O) groups is 1. The van der Waals surface area contributed by atoms with Gasteiger partial charge in [0.05, 0.1) is 11.2 Å². The van der Waals surface area contributed by atoms with Crippen LogP contribution in [0.1, 0.15) is 25.7 Å². The molecule has 2 N–H and O–H groups in total. The van der Waals surface area contributed by atoms with Gasteiger partial charge in [-0.2, -0.15) is 4.31 Å². The van der Waals surface area contributed by atoms with E-state index in [0.29, 0.717) is 44.7 Å². The Morgan fingerprint density at radius 3 is 2.25 bits per heavy atom. The average molecular weight is 431 g/mol. The molecule has 11 heteroatoms. The largest absolute Gasteiger partial charge is 0.323 e. The summed E-state index contributed by atoms with van der Waals surface area (Å²) in [6, 6.07) is 5.48. The summed E-state index contributed by atoms with van der Waals surface area (Å²) in [7, 11) is -6.81. The highest BCUT2D eigenvalue weighted by Crippen LogP contribution is 2.22. The predicted octanol–water partition coefficient (Wildman–Crippen LogP) is 1.02. The Balaban J connectivity index is 1.61. The molecule has 0 aromatic heterocycles. The first kappa shape index (κ1) is 21.0. The van der Waals surface area contributed by atoms with E-state index >= 15 is 0 Å². The van der Waals surface area contributed by atoms with E-state index in [-0.39, 0.29) is 17.0 Å². The summed E-state index contributed by atoms with van der Waals surface area (Å²) in [5.41, 5.74) is 0.489. The molecule has 0 saturated carbocycles. The van der Waals surface area contributed by atoms with Crippen LogP contribution in [0, 0.1) is 0 Å². The second-order valence-corrected chi connectivity index (χ2v) is 11.0. The number of piperidine rings is 1. The van der Waals surface area contributed by atoms with Crippen molar-refractivity contribution in [2.24, 2.45) is 0 Å². The van der Waals surface area contributed by atoms with Gasteiger partial charge in [-0.1, -0.05) is 0 Å². The predicted molar refractivity (Wildman–Crippen MR) is 106 cm³/mol. The van der Waals surface area contributed by atoms with Crippen LogP contribution in [0.5, 0.6) is 0 Å². The van der Waals surface area contributed by atoms with E-state index in [1.807, 2.05) is 0 Å². The summed E-state index contributed by atoms with van der Waals surface area (Å²) in [6.07, 6.45) is 4.23. The van der Waals surface area contributed by atoms with E-state index in [9.17, 15) is 21.6 Å². The molecule has 9 nitrogen and oxygen atoms in total. The number of anilines is 1. The number of likely N-dealkylation sites (tertiary alicyclic amines) is 1. The molecule has 0 spiro atoms. The zero-order chi connectivity index (χ0) is 20.4. The Labute approximate surface area is 166 Å². The van der Waals surface area contributed by atoms with E-state index in [1.54, 1.807) is 17.0 Å². The summed E-state index contributed by atoms with van der Waals surface area (Å²) >= 11 is 0. The molecule has 2 heterocycles. The Bertz CT molecular complexity index is 909. The zero-order valence-corrected chi connectivity index (χ0v) is 17.4. The van der Waals surface area contributed by atoms with Crippen LogP contribution in [0.3, 0.4) is 0 Å². The molecule has 2 aliphatic rings. The van der Waals surface area contributed by atoms with Gasteiger partial charge in [0.25, 0.3) is 0 Å². The van der Waals surface area contributed by atoms with Crippen molar-refractivity contribution in [3.63, 3.8) is 0 Å². The Kier molecular flexibility index (Phi) is 6.28. The van der Waals surface area contributed by atoms with Crippen LogP contribution in [-0.2, 0) is 20.0 Å². The number of nitrogens with one attached hydrogen (secondary N) is 2. The molecule has 1 atom stereocenters. The maximum atomic E-state index is 12.5. The number of urea groups is 1. The second-order valence-electron chi connectivity index (χ2n) is 7.24. The van der Waals surface area contributed by atoms with Gasteiger partial charge in [-0.05, 0) is 49.9 Å². The number of hydrogen-bond acceptors (Lipinski definition) is 5. The lowest BCUT2D eigenvalue weighted by Gasteiger charge is -2.32. The van der Waals surface area contributed by atoms with Gasteiger partial charge in [-0.15, -0.1) is 0 Å². The molecule has 0 aliphatic carbocycles. The molecule has 0 bridgehead atoms. The molecular formula is C17H26N4O5S2. The molecule has 28 heavy (non-hydrogen) atoms. The van der Waals surface area contributed by atoms with Gasteiger partial charge >= 0.3 is 6.03 Å². The van der Waals surface area contributed by atoms with Gasteiger partial charge in [0.15, 0.2) is 0 Å². The number of nitrogens with zero attached hydrogens (tertiary/aromatic N) is 2. The summed E-state index contributed by atoms with van der Waals surface area (Å²) in [5, 5.41) is 2.74. The first-order valence-electron chi connectivity index (χ1n) is 9.28. The monoisotopic (exact) mass is 430 g/mol. The summed E-state index contributed by atoms with van der Waals surface area (Å²) in [4.78, 5) is 14.2. The quantitative estimate of drug-likeness (QED) is 0.723. The molecule has 2 amide bonds. The molecule has 2 fully saturated rings. The minimum Gasteiger partial charge on any atom is -0.323 e. The van der Waals surface area contributed by atoms with Gasteiger partial charge in [-0.25, -0.2) is 26.4 Å². The van der Waals surface area contributed by atoms with Crippen molar-refractivity contribution in [1.82, 2.24) is 13.9 Å². The van der Waals surface area contributed by atoms with Crippen LogP contribution in [0.2, 0.25) is 0 Å². The summed E-state index contributed by atoms with van der Waals surface area (Å²) in [5.74, 6) is 0. The highest BCUT2D eigenvalue weighted by Gasteiger charge is 2.28. The standard InChI is InChI=1S/C17H26N4O5S2/c1-27(23,24)19-15-5-4-10-20(13-15)17(22)18-14-6-8-16(9-7-14)28(25,26)21-11-2-3-12-21/h6-9,15,19H,2-5,10-13H2,1H3,(H,18,22)/t15-/m0/s1. The number of hydrogen-bond donors (Lipinski definition) is 2. The average Bonchev–Trinajstić information content (AvgIpc) is 3.16. The van der Waals surface area contributed by atoms with E-state index < -0.39 is 20.0 Å². The normalized spacial score (nSPS) is 21.6. The Hall–Kier alpha value is -1.69. The van der Waals surface area contributed by atoms with Gasteiger partial charge in [0.2, 0.25) is 20.0 Å². The molecule has 1 aromatic rings. The third-order valence-electron chi connectivity index (χ3n) is 4.90. The lowest BCUT2D eigenvalue weighted by Crippen LogP contribution is -2.50. The van der Waals surface area contributed by atoms with Crippen LogP contribution >= 0.6 is 0 Å². The third-order valence-corrected chi connectivity index (χ3v) is 7.57. The van der Waals surface area contributed by atoms with Crippen molar-refractivity contribution in [1.29, 1.82) is 0 Å². The fraction of sp³-hybridized carbons (Fsp3) is 0.588. The fourth-order valence-electron chi connectivity index (χ4n) is 3.55. The smallest absolute Gasteiger partial charge is 0.321 e. The number of carbonyl (C=O) groups excluding carboxylic acids is 1. The first-order valence-corrected chi connectivity index (χ1v) is 12.6. The number of benzene rings is 1. The van der Waals surface area contributed by atoms with Crippen molar-refractivity contribution in [2.45, 2.75) is 36.6 Å². The molecule has 1 aromatic carbocycles. The van der Waals surface area contributed by atoms with E-state index in [4.69, 9.17) is 0 Å². The second kappa shape index (κ2) is 8.36. The highest BCUT2D eigenvalue weighted by atomic mass is 32.2. The number of sulfonamides is 2. The maximum Gasteiger partial charge on any atom is 0.321 e. The van der Waals surface area contributed by atoms with Crippen LogP contribution in [0.4, 0.5) is 10.5 Å². The summed E-state index contributed by atoms with van der Waals surface area (Å²) in [6.45, 7) is 1.91. The minimum atomic E-state index is -3.48. The Morgan fingerprint density at radius 2 is 1.64 bits per heavy atom. The molecule has 2 aliphatic heterocycles. The van der Waals surface area contributed by atoms with Crippen molar-refractivity contribution in [3.8, 4) is 0 Å². The maximum absolute atomic E-state index is 12.5. The van der Waals surface area contributed by atoms with E-state index in [2.05, 4.69) is 10.0 Å². The number of rotatable bonds is 5. The van der Waals surface area contributed by atoms with E-state index in [0.717, 1.165) is 19.1 Å². The lowest BCUT2D eigenvalue weighted by molar-refractivity contribution is 0.190. The van der Waals surface area contributed by atoms with Crippen LogP contribution in [0.25, 0.3) is 0 Å². The van der Waals surface area contributed by atoms with Gasteiger partial charge in [0.1, 0.15) is 0 Å². The summed E-state index contributed by atoms with van der Waals surface area (Å²) < 4.78 is 51.9. The van der Waals surface area contributed by atoms with Crippen molar-refractivity contribution >= 4 is 31.8 Å². The first-order chi connectivity index (χ1) is 13.1. The molecule has 3 rings (SSSR count). The van der Waals surface area contributed by atoms with Gasteiger partial charge in [0, 0.05) is 37.9 Å². The highest BCUT2D eigenvalue weighted by molar-refractivity contribution is 7.89. The lowest BCUT2D eigenvalue weighted by atomic mass is 10.1. The topological polar surface area (TPSA) is 116 Å². The minimum absolute atomic E-state index is 0.211. The molecule has 156 valence electrons. The van der Waals surface area contributed by atoms with Crippen molar-refractivity contribution in [2.75, 3.05) is 37.8 Å². The molecule has 0 radical (unpaired) electrons. The zero-order valence-electron chi connectivity index (χ0n) is 15.8. The molecule has 2 saturated heterocycles.